The molecule has 4 nitrogen and oxygen atoms in total. The van der Waals surface area contributed by atoms with E-state index < -0.39 is 0 Å². The van der Waals surface area contributed by atoms with Gasteiger partial charge in [-0.05, 0) is 19.2 Å². The number of fused-ring (bicyclic) bond motifs is 1. The van der Waals surface area contributed by atoms with Gasteiger partial charge in [0.15, 0.2) is 0 Å². The zero-order valence-electron chi connectivity index (χ0n) is 11.5. The minimum atomic E-state index is 0.460. The average molecular weight is 300 g/mol. The van der Waals surface area contributed by atoms with Crippen molar-refractivity contribution >= 4 is 22.4 Å². The number of hydrogen-bond acceptors (Lipinski definition) is 4. The first-order valence-electron chi connectivity index (χ1n) is 6.58. The Labute approximate surface area is 127 Å². The van der Waals surface area contributed by atoms with Gasteiger partial charge in [0.1, 0.15) is 5.75 Å². The fourth-order valence-corrected chi connectivity index (χ4v) is 2.33. The van der Waals surface area contributed by atoms with E-state index in [1.165, 1.54) is 0 Å². The van der Waals surface area contributed by atoms with Gasteiger partial charge in [-0.15, -0.1) is 0 Å². The van der Waals surface area contributed by atoms with Crippen LogP contribution in [0.4, 0.5) is 0 Å². The maximum absolute atomic E-state index is 6.20. The predicted molar refractivity (Wildman–Crippen MR) is 83.8 cm³/mol. The van der Waals surface area contributed by atoms with Gasteiger partial charge in [-0.25, -0.2) is 4.98 Å². The molecule has 106 valence electrons. The number of benzene rings is 2. The first kappa shape index (κ1) is 13.8. The molecule has 1 aromatic heterocycles. The average Bonchev–Trinajstić information content (AvgIpc) is 2.52. The summed E-state index contributed by atoms with van der Waals surface area (Å²) in [5, 5.41) is 5.63. The Bertz CT molecular complexity index is 759. The SMILES string of the molecule is CNCc1cnc(Oc2ccc(Cl)c3ccccc23)cn1. The van der Waals surface area contributed by atoms with E-state index in [0.29, 0.717) is 23.2 Å². The van der Waals surface area contributed by atoms with Gasteiger partial charge >= 0.3 is 0 Å². The van der Waals surface area contributed by atoms with Gasteiger partial charge in [-0.1, -0.05) is 35.9 Å². The second kappa shape index (κ2) is 6.08. The van der Waals surface area contributed by atoms with E-state index in [-0.39, 0.29) is 0 Å². The monoisotopic (exact) mass is 299 g/mol. The molecule has 0 aliphatic heterocycles. The van der Waals surface area contributed by atoms with Gasteiger partial charge in [0.05, 0.1) is 18.1 Å². The Hall–Kier alpha value is -2.17. The van der Waals surface area contributed by atoms with Gasteiger partial charge in [0.25, 0.3) is 0 Å². The summed E-state index contributed by atoms with van der Waals surface area (Å²) in [6, 6.07) is 11.5. The Morgan fingerprint density at radius 1 is 1.05 bits per heavy atom. The summed E-state index contributed by atoms with van der Waals surface area (Å²) in [6.07, 6.45) is 3.32. The number of hydrogen-bond donors (Lipinski definition) is 1. The van der Waals surface area contributed by atoms with Gasteiger partial charge in [-0.2, -0.15) is 0 Å². The van der Waals surface area contributed by atoms with Crippen molar-refractivity contribution in [1.82, 2.24) is 15.3 Å². The third-order valence-electron chi connectivity index (χ3n) is 3.08. The lowest BCUT2D eigenvalue weighted by Gasteiger charge is -2.09. The molecule has 0 spiro atoms. The molecular formula is C16H14ClN3O. The highest BCUT2D eigenvalue weighted by Gasteiger charge is 2.07. The molecule has 1 N–H and O–H groups in total. The fraction of sp³-hybridized carbons (Fsp3) is 0.125. The fourth-order valence-electron chi connectivity index (χ4n) is 2.10. The summed E-state index contributed by atoms with van der Waals surface area (Å²) >= 11 is 6.20. The molecule has 2 aromatic carbocycles. The second-order valence-corrected chi connectivity index (χ2v) is 4.98. The number of nitrogens with zero attached hydrogens (tertiary/aromatic N) is 2. The van der Waals surface area contributed by atoms with Crippen molar-refractivity contribution in [2.45, 2.75) is 6.54 Å². The summed E-state index contributed by atoms with van der Waals surface area (Å²) in [4.78, 5) is 8.55. The maximum Gasteiger partial charge on any atom is 0.237 e. The lowest BCUT2D eigenvalue weighted by atomic mass is 10.1. The Morgan fingerprint density at radius 2 is 1.86 bits per heavy atom. The van der Waals surface area contributed by atoms with Gasteiger partial charge in [-0.3, -0.25) is 4.98 Å². The van der Waals surface area contributed by atoms with E-state index in [2.05, 4.69) is 15.3 Å². The van der Waals surface area contributed by atoms with Crippen LogP contribution < -0.4 is 10.1 Å². The number of ether oxygens (including phenoxy) is 1. The number of halogens is 1. The minimum absolute atomic E-state index is 0.460. The van der Waals surface area contributed by atoms with Crippen LogP contribution in [0, 0.1) is 0 Å². The topological polar surface area (TPSA) is 47.0 Å². The van der Waals surface area contributed by atoms with E-state index in [0.717, 1.165) is 16.5 Å². The summed E-state index contributed by atoms with van der Waals surface area (Å²) < 4.78 is 5.83. The number of nitrogens with one attached hydrogen (secondary N) is 1. The van der Waals surface area contributed by atoms with Crippen molar-refractivity contribution in [3.8, 4) is 11.6 Å². The molecule has 0 amide bonds. The molecule has 0 fully saturated rings. The molecule has 0 aliphatic carbocycles. The molecule has 5 heteroatoms. The number of aromatic nitrogens is 2. The highest BCUT2D eigenvalue weighted by molar-refractivity contribution is 6.35. The molecule has 0 saturated heterocycles. The summed E-state index contributed by atoms with van der Waals surface area (Å²) in [5.74, 6) is 1.17. The van der Waals surface area contributed by atoms with Crippen molar-refractivity contribution in [2.75, 3.05) is 7.05 Å². The van der Waals surface area contributed by atoms with E-state index in [1.807, 2.05) is 43.4 Å². The van der Waals surface area contributed by atoms with Gasteiger partial charge in [0, 0.05) is 22.3 Å². The van der Waals surface area contributed by atoms with E-state index in [4.69, 9.17) is 16.3 Å². The van der Waals surface area contributed by atoms with Crippen LogP contribution in [0.1, 0.15) is 5.69 Å². The molecule has 0 saturated carbocycles. The molecule has 0 bridgehead atoms. The first-order chi connectivity index (χ1) is 10.3. The largest absolute Gasteiger partial charge is 0.437 e. The third kappa shape index (κ3) is 2.96. The van der Waals surface area contributed by atoms with Crippen LogP contribution >= 0.6 is 11.6 Å². The quantitative estimate of drug-likeness (QED) is 0.796. The smallest absolute Gasteiger partial charge is 0.237 e. The molecule has 0 aliphatic rings. The van der Waals surface area contributed by atoms with Crippen LogP contribution in [0.15, 0.2) is 48.8 Å². The van der Waals surface area contributed by atoms with Crippen molar-refractivity contribution in [1.29, 1.82) is 0 Å². The Kier molecular flexibility index (Phi) is 3.99. The lowest BCUT2D eigenvalue weighted by Crippen LogP contribution is -2.07. The van der Waals surface area contributed by atoms with Crippen LogP contribution in [0.3, 0.4) is 0 Å². The van der Waals surface area contributed by atoms with E-state index in [9.17, 15) is 0 Å². The second-order valence-electron chi connectivity index (χ2n) is 4.57. The van der Waals surface area contributed by atoms with Gasteiger partial charge in [0.2, 0.25) is 5.88 Å². The lowest BCUT2D eigenvalue weighted by molar-refractivity contribution is 0.464. The van der Waals surface area contributed by atoms with E-state index in [1.54, 1.807) is 12.4 Å². The van der Waals surface area contributed by atoms with Crippen molar-refractivity contribution in [2.24, 2.45) is 0 Å². The zero-order valence-corrected chi connectivity index (χ0v) is 12.3. The van der Waals surface area contributed by atoms with Crippen LogP contribution in [-0.4, -0.2) is 17.0 Å². The van der Waals surface area contributed by atoms with E-state index >= 15 is 0 Å². The van der Waals surface area contributed by atoms with Crippen molar-refractivity contribution in [3.05, 3.63) is 59.5 Å². The first-order valence-corrected chi connectivity index (χ1v) is 6.96. The molecule has 0 unspecified atom stereocenters. The highest BCUT2D eigenvalue weighted by Crippen LogP contribution is 2.33. The van der Waals surface area contributed by atoms with Gasteiger partial charge < -0.3 is 10.1 Å². The predicted octanol–water partition coefficient (Wildman–Crippen LogP) is 3.79. The van der Waals surface area contributed by atoms with Crippen molar-refractivity contribution < 1.29 is 4.74 Å². The molecule has 1 heterocycles. The standard InChI is InChI=1S/C16H14ClN3O/c1-18-8-11-9-20-16(10-19-11)21-15-7-6-14(17)12-4-2-3-5-13(12)15/h2-7,9-10,18H,8H2,1H3. The third-order valence-corrected chi connectivity index (χ3v) is 3.41. The molecule has 0 radical (unpaired) electrons. The molecule has 0 atom stereocenters. The molecule has 21 heavy (non-hydrogen) atoms. The molecule has 3 rings (SSSR count). The van der Waals surface area contributed by atoms with Crippen LogP contribution in [0.25, 0.3) is 10.8 Å². The van der Waals surface area contributed by atoms with Crippen LogP contribution in [-0.2, 0) is 6.54 Å². The zero-order chi connectivity index (χ0) is 14.7. The Morgan fingerprint density at radius 3 is 2.57 bits per heavy atom. The Balaban J connectivity index is 1.93. The summed E-state index contributed by atoms with van der Waals surface area (Å²) in [7, 11) is 1.87. The minimum Gasteiger partial charge on any atom is -0.437 e. The maximum atomic E-state index is 6.20. The van der Waals surface area contributed by atoms with Crippen molar-refractivity contribution in [3.63, 3.8) is 0 Å². The summed E-state index contributed by atoms with van der Waals surface area (Å²) in [6.45, 7) is 0.678. The normalized spacial score (nSPS) is 10.8. The molecule has 3 aromatic rings. The van der Waals surface area contributed by atoms with Crippen LogP contribution in [0.5, 0.6) is 11.6 Å². The summed E-state index contributed by atoms with van der Waals surface area (Å²) in [5.41, 5.74) is 0.866. The van der Waals surface area contributed by atoms with Crippen LogP contribution in [0.2, 0.25) is 5.02 Å². The number of rotatable bonds is 4. The molecular weight excluding hydrogens is 286 g/mol. The highest BCUT2D eigenvalue weighted by atomic mass is 35.5.